The van der Waals surface area contributed by atoms with Gasteiger partial charge < -0.3 is 25.3 Å². The first-order chi connectivity index (χ1) is 13.7. The Kier molecular flexibility index (Phi) is 8.27. The molecule has 0 aliphatic carbocycles. The van der Waals surface area contributed by atoms with E-state index in [0.717, 1.165) is 11.3 Å². The molecule has 0 spiro atoms. The lowest BCUT2D eigenvalue weighted by molar-refractivity contribution is -0.118. The number of ether oxygens (including phenoxy) is 3. The molecule has 1 heterocycles. The van der Waals surface area contributed by atoms with Crippen LogP contribution < -0.4 is 15.8 Å². The van der Waals surface area contributed by atoms with Crippen molar-refractivity contribution in [1.82, 2.24) is 0 Å². The fourth-order valence-corrected chi connectivity index (χ4v) is 3.86. The molecule has 0 saturated carbocycles. The van der Waals surface area contributed by atoms with Gasteiger partial charge in [0.1, 0.15) is 17.4 Å². The van der Waals surface area contributed by atoms with Crippen molar-refractivity contribution in [3.05, 3.63) is 44.2 Å². The summed E-state index contributed by atoms with van der Waals surface area (Å²) in [4.78, 5) is 36.5. The van der Waals surface area contributed by atoms with Crippen molar-refractivity contribution in [3.63, 3.8) is 0 Å². The number of primary amides is 1. The van der Waals surface area contributed by atoms with Crippen LogP contribution in [0.15, 0.2) is 18.2 Å². The molecule has 0 saturated heterocycles. The summed E-state index contributed by atoms with van der Waals surface area (Å²) < 4.78 is 15.3. The van der Waals surface area contributed by atoms with Crippen molar-refractivity contribution >= 4 is 57.3 Å². The number of rotatable bonds is 9. The summed E-state index contributed by atoms with van der Waals surface area (Å²) in [5.41, 5.74) is 5.73. The largest absolute Gasteiger partial charge is 0.484 e. The molecule has 156 valence electrons. The van der Waals surface area contributed by atoms with Crippen LogP contribution in [0.3, 0.4) is 0 Å². The quantitative estimate of drug-likeness (QED) is 0.437. The summed E-state index contributed by atoms with van der Waals surface area (Å²) in [7, 11) is 1.47. The molecule has 11 heteroatoms. The van der Waals surface area contributed by atoms with Crippen molar-refractivity contribution in [2.45, 2.75) is 6.92 Å². The summed E-state index contributed by atoms with van der Waals surface area (Å²) in [6.45, 7) is 1.39. The number of nitrogens with two attached hydrogens (primary N) is 1. The zero-order valence-electron chi connectivity index (χ0n) is 15.5. The van der Waals surface area contributed by atoms with E-state index >= 15 is 0 Å². The minimum absolute atomic E-state index is 0.0164. The average Bonchev–Trinajstić information content (AvgIpc) is 2.95. The van der Waals surface area contributed by atoms with Gasteiger partial charge in [-0.05, 0) is 30.7 Å². The first-order valence-electron chi connectivity index (χ1n) is 8.21. The third kappa shape index (κ3) is 6.33. The normalized spacial score (nSPS) is 10.5. The first kappa shape index (κ1) is 23.0. The summed E-state index contributed by atoms with van der Waals surface area (Å²) in [6.07, 6.45) is 0. The molecule has 0 radical (unpaired) electrons. The molecule has 3 N–H and O–H groups in total. The number of nitrogens with one attached hydrogen (secondary N) is 1. The van der Waals surface area contributed by atoms with Crippen LogP contribution >= 0.6 is 34.5 Å². The monoisotopic (exact) mass is 460 g/mol. The Morgan fingerprint density at radius 2 is 1.79 bits per heavy atom. The van der Waals surface area contributed by atoms with Crippen LogP contribution in [0.1, 0.15) is 25.6 Å². The van der Waals surface area contributed by atoms with Gasteiger partial charge in [-0.3, -0.25) is 9.59 Å². The number of carbonyl (C=O) groups is 3. The lowest BCUT2D eigenvalue weighted by Gasteiger charge is -2.09. The summed E-state index contributed by atoms with van der Waals surface area (Å²) in [5.74, 6) is -1.69. The summed E-state index contributed by atoms with van der Waals surface area (Å²) in [5, 5.41) is 3.39. The number of hydrogen-bond acceptors (Lipinski definition) is 7. The molecule has 0 fully saturated rings. The van der Waals surface area contributed by atoms with Gasteiger partial charge in [0, 0.05) is 17.2 Å². The van der Waals surface area contributed by atoms with Crippen LogP contribution in [0.2, 0.25) is 10.0 Å². The van der Waals surface area contributed by atoms with Gasteiger partial charge in [-0.15, -0.1) is 11.3 Å². The van der Waals surface area contributed by atoms with Crippen molar-refractivity contribution in [2.24, 2.45) is 5.73 Å². The second-order valence-corrected chi connectivity index (χ2v) is 7.59. The van der Waals surface area contributed by atoms with Gasteiger partial charge in [-0.25, -0.2) is 4.79 Å². The van der Waals surface area contributed by atoms with Crippen LogP contribution in [-0.2, 0) is 14.3 Å². The van der Waals surface area contributed by atoms with E-state index in [4.69, 9.17) is 43.1 Å². The molecule has 0 unspecified atom stereocenters. The van der Waals surface area contributed by atoms with Crippen molar-refractivity contribution < 1.29 is 28.6 Å². The average molecular weight is 461 g/mol. The smallest absolute Gasteiger partial charge is 0.341 e. The first-order valence-corrected chi connectivity index (χ1v) is 9.78. The molecule has 1 aromatic heterocycles. The number of methoxy groups -OCH3 is 1. The van der Waals surface area contributed by atoms with E-state index in [1.54, 1.807) is 6.92 Å². The molecule has 2 rings (SSSR count). The molecule has 0 aliphatic rings. The van der Waals surface area contributed by atoms with E-state index in [-0.39, 0.29) is 35.3 Å². The fraction of sp³-hybridized carbons (Fsp3) is 0.278. The number of thiophene rings is 1. The Balaban J connectivity index is 2.15. The number of anilines is 1. The highest BCUT2D eigenvalue weighted by atomic mass is 35.5. The zero-order valence-corrected chi connectivity index (χ0v) is 17.9. The highest BCUT2D eigenvalue weighted by Gasteiger charge is 2.26. The molecule has 0 atom stereocenters. The lowest BCUT2D eigenvalue weighted by atomic mass is 10.1. The Labute approximate surface area is 180 Å². The van der Waals surface area contributed by atoms with Gasteiger partial charge in [0.05, 0.1) is 17.0 Å². The molecule has 2 amide bonds. The minimum atomic E-state index is -0.719. The molecule has 0 bridgehead atoms. The van der Waals surface area contributed by atoms with E-state index in [1.165, 1.54) is 25.3 Å². The SMILES string of the molecule is COCCOC(=O)c1c(NC(=O)COc2cc(Cl)cc(Cl)c2)sc(C(N)=O)c1C. The molecule has 2 aromatic rings. The van der Waals surface area contributed by atoms with Gasteiger partial charge in [-0.2, -0.15) is 0 Å². The van der Waals surface area contributed by atoms with E-state index in [0.29, 0.717) is 21.4 Å². The lowest BCUT2D eigenvalue weighted by Crippen LogP contribution is -2.21. The molecule has 8 nitrogen and oxygen atoms in total. The maximum Gasteiger partial charge on any atom is 0.341 e. The van der Waals surface area contributed by atoms with Gasteiger partial charge in [0.25, 0.3) is 11.8 Å². The maximum atomic E-state index is 12.4. The number of hydrogen-bond donors (Lipinski definition) is 2. The van der Waals surface area contributed by atoms with Gasteiger partial charge in [-0.1, -0.05) is 23.2 Å². The summed E-state index contributed by atoms with van der Waals surface area (Å²) in [6, 6.07) is 4.52. The second-order valence-electron chi connectivity index (χ2n) is 5.70. The topological polar surface area (TPSA) is 117 Å². The number of amides is 2. The number of halogens is 2. The highest BCUT2D eigenvalue weighted by molar-refractivity contribution is 7.18. The van der Waals surface area contributed by atoms with E-state index < -0.39 is 17.8 Å². The standard InChI is InChI=1S/C18H18Cl2N2O6S/c1-9-14(18(25)27-4-3-26-2)17(29-15(9)16(21)24)22-13(23)8-28-12-6-10(19)5-11(20)7-12/h5-7H,3-4,8H2,1-2H3,(H2,21,24)(H,22,23). The Morgan fingerprint density at radius 3 is 2.38 bits per heavy atom. The minimum Gasteiger partial charge on any atom is -0.484 e. The van der Waals surface area contributed by atoms with E-state index in [2.05, 4.69) is 5.32 Å². The number of benzene rings is 1. The number of esters is 1. The second kappa shape index (κ2) is 10.4. The van der Waals surface area contributed by atoms with Gasteiger partial charge in [0.2, 0.25) is 0 Å². The van der Waals surface area contributed by atoms with Crippen molar-refractivity contribution in [3.8, 4) is 5.75 Å². The fourth-order valence-electron chi connectivity index (χ4n) is 2.30. The van der Waals surface area contributed by atoms with Crippen molar-refractivity contribution in [2.75, 3.05) is 32.2 Å². The molecule has 1 aromatic carbocycles. The zero-order chi connectivity index (χ0) is 21.6. The van der Waals surface area contributed by atoms with Gasteiger partial charge >= 0.3 is 5.97 Å². The Bertz CT molecular complexity index is 911. The Hall–Kier alpha value is -2.33. The van der Waals surface area contributed by atoms with Gasteiger partial charge in [0.15, 0.2) is 6.61 Å². The maximum absolute atomic E-state index is 12.4. The van der Waals surface area contributed by atoms with Crippen LogP contribution in [-0.4, -0.2) is 44.7 Å². The molecular formula is C18H18Cl2N2O6S. The predicted molar refractivity (Wildman–Crippen MR) is 110 cm³/mol. The van der Waals surface area contributed by atoms with E-state index in [9.17, 15) is 14.4 Å². The van der Waals surface area contributed by atoms with Crippen LogP contribution in [0.4, 0.5) is 5.00 Å². The van der Waals surface area contributed by atoms with E-state index in [1.807, 2.05) is 0 Å². The highest BCUT2D eigenvalue weighted by Crippen LogP contribution is 2.33. The Morgan fingerprint density at radius 1 is 1.14 bits per heavy atom. The van der Waals surface area contributed by atoms with Crippen LogP contribution in [0.5, 0.6) is 5.75 Å². The summed E-state index contributed by atoms with van der Waals surface area (Å²) >= 11 is 12.7. The molecule has 29 heavy (non-hydrogen) atoms. The number of carbonyl (C=O) groups excluding carboxylic acids is 3. The molecule has 0 aliphatic heterocycles. The van der Waals surface area contributed by atoms with Crippen LogP contribution in [0.25, 0.3) is 0 Å². The third-order valence-electron chi connectivity index (χ3n) is 3.55. The van der Waals surface area contributed by atoms with Crippen LogP contribution in [0, 0.1) is 6.92 Å². The predicted octanol–water partition coefficient (Wildman–Crippen LogP) is 3.28. The third-order valence-corrected chi connectivity index (χ3v) is 5.21. The van der Waals surface area contributed by atoms with Crippen molar-refractivity contribution in [1.29, 1.82) is 0 Å². The molecular weight excluding hydrogens is 443 g/mol.